The van der Waals surface area contributed by atoms with Crippen molar-refractivity contribution in [3.63, 3.8) is 0 Å². The Morgan fingerprint density at radius 2 is 2.04 bits per heavy atom. The molecule has 0 saturated heterocycles. The first-order valence-corrected chi connectivity index (χ1v) is 6.16. The summed E-state index contributed by atoms with van der Waals surface area (Å²) in [6.07, 6.45) is -3.30. The van der Waals surface area contributed by atoms with Crippen LogP contribution in [-0.4, -0.2) is 30.8 Å². The topological polar surface area (TPSA) is 101 Å². The lowest BCUT2D eigenvalue weighted by Crippen LogP contribution is -2.18. The normalized spacial score (nSPS) is 11.8. The number of hydrogen-bond acceptors (Lipinski definition) is 4. The number of para-hydroxylation sites is 1. The number of aromatic nitrogens is 4. The molecule has 0 spiro atoms. The predicted octanol–water partition coefficient (Wildman–Crippen LogP) is 1.83. The van der Waals surface area contributed by atoms with Crippen molar-refractivity contribution in [2.24, 2.45) is 0 Å². The van der Waals surface area contributed by atoms with E-state index in [9.17, 15) is 22.8 Å². The molecule has 1 aromatic carbocycles. The van der Waals surface area contributed by atoms with Crippen LogP contribution in [0.1, 0.15) is 16.1 Å². The van der Waals surface area contributed by atoms with Gasteiger partial charge in [0, 0.05) is 0 Å². The highest BCUT2D eigenvalue weighted by Crippen LogP contribution is 2.34. The smallest absolute Gasteiger partial charge is 0.434 e. The van der Waals surface area contributed by atoms with E-state index in [2.05, 4.69) is 15.1 Å². The largest absolute Gasteiger partial charge is 0.478 e. The van der Waals surface area contributed by atoms with Gasteiger partial charge in [0.1, 0.15) is 11.1 Å². The Hall–Kier alpha value is -3.17. The lowest BCUT2D eigenvalue weighted by Gasteiger charge is -2.12. The van der Waals surface area contributed by atoms with Gasteiger partial charge < -0.3 is 10.1 Å². The molecule has 0 saturated carbocycles. The van der Waals surface area contributed by atoms with Crippen LogP contribution < -0.4 is 5.56 Å². The molecule has 10 heteroatoms. The fraction of sp³-hybridized carbons (Fsp3) is 0.0769. The number of aromatic amines is 1. The Balaban J connectivity index is 2.39. The molecule has 0 bridgehead atoms. The van der Waals surface area contributed by atoms with E-state index in [0.29, 0.717) is 10.9 Å². The van der Waals surface area contributed by atoms with Crippen LogP contribution in [0.3, 0.4) is 0 Å². The monoisotopic (exact) mass is 324 g/mol. The summed E-state index contributed by atoms with van der Waals surface area (Å²) in [6, 6.07) is 4.01. The fourth-order valence-corrected chi connectivity index (χ4v) is 2.21. The molecule has 118 valence electrons. The lowest BCUT2D eigenvalue weighted by molar-refractivity contribution is -0.143. The summed E-state index contributed by atoms with van der Waals surface area (Å²) in [5.41, 5.74) is -3.13. The molecule has 0 aliphatic rings. The summed E-state index contributed by atoms with van der Waals surface area (Å²) in [5, 5.41) is 12.5. The van der Waals surface area contributed by atoms with Crippen molar-refractivity contribution >= 4 is 16.9 Å². The molecule has 0 aliphatic heterocycles. The minimum Gasteiger partial charge on any atom is -0.478 e. The van der Waals surface area contributed by atoms with Gasteiger partial charge >= 0.3 is 12.1 Å². The molecule has 23 heavy (non-hydrogen) atoms. The summed E-state index contributed by atoms with van der Waals surface area (Å²) in [6.45, 7) is 0. The van der Waals surface area contributed by atoms with Gasteiger partial charge in [0.2, 0.25) is 0 Å². The van der Waals surface area contributed by atoms with E-state index in [1.807, 2.05) is 0 Å². The number of halogens is 3. The van der Waals surface area contributed by atoms with Crippen molar-refractivity contribution < 1.29 is 23.1 Å². The SMILES string of the molecule is O=C(O)c1cnn(-c2cccc3c(=O)[nH]cnc23)c1C(F)(F)F. The Labute approximate surface area is 125 Å². The van der Waals surface area contributed by atoms with Crippen LogP contribution in [0.4, 0.5) is 13.2 Å². The summed E-state index contributed by atoms with van der Waals surface area (Å²) >= 11 is 0. The quantitative estimate of drug-likeness (QED) is 0.749. The lowest BCUT2D eigenvalue weighted by atomic mass is 10.2. The number of carbonyl (C=O) groups is 1. The van der Waals surface area contributed by atoms with E-state index in [-0.39, 0.29) is 16.6 Å². The number of carboxylic acids is 1. The molecule has 3 rings (SSSR count). The molecule has 2 aromatic heterocycles. The molecular formula is C13H7F3N4O3. The van der Waals surface area contributed by atoms with Crippen molar-refractivity contribution in [1.29, 1.82) is 0 Å². The second-order valence-electron chi connectivity index (χ2n) is 4.53. The van der Waals surface area contributed by atoms with Crippen molar-refractivity contribution in [2.45, 2.75) is 6.18 Å². The molecule has 0 fully saturated rings. The zero-order valence-corrected chi connectivity index (χ0v) is 11.1. The molecule has 2 heterocycles. The molecule has 3 aromatic rings. The van der Waals surface area contributed by atoms with Crippen molar-refractivity contribution in [3.8, 4) is 5.69 Å². The van der Waals surface area contributed by atoms with Gasteiger partial charge in [0.05, 0.1) is 23.6 Å². The number of fused-ring (bicyclic) bond motifs is 1. The second-order valence-corrected chi connectivity index (χ2v) is 4.53. The number of hydrogen-bond donors (Lipinski definition) is 2. The highest BCUT2D eigenvalue weighted by atomic mass is 19.4. The van der Waals surface area contributed by atoms with Crippen LogP contribution in [-0.2, 0) is 6.18 Å². The van der Waals surface area contributed by atoms with Crippen LogP contribution in [0.15, 0.2) is 35.5 Å². The van der Waals surface area contributed by atoms with Gasteiger partial charge in [-0.15, -0.1) is 0 Å². The molecule has 2 N–H and O–H groups in total. The Morgan fingerprint density at radius 3 is 2.70 bits per heavy atom. The summed E-state index contributed by atoms with van der Waals surface area (Å²) in [7, 11) is 0. The number of nitrogens with zero attached hydrogens (tertiary/aromatic N) is 3. The predicted molar refractivity (Wildman–Crippen MR) is 71.4 cm³/mol. The number of carboxylic acid groups (broad SMARTS) is 1. The van der Waals surface area contributed by atoms with Gasteiger partial charge in [-0.3, -0.25) is 4.79 Å². The van der Waals surface area contributed by atoms with Crippen molar-refractivity contribution in [1.82, 2.24) is 19.7 Å². The van der Waals surface area contributed by atoms with Crippen LogP contribution in [0.2, 0.25) is 0 Å². The van der Waals surface area contributed by atoms with Gasteiger partial charge in [0.25, 0.3) is 5.56 Å². The van der Waals surface area contributed by atoms with E-state index in [0.717, 1.165) is 6.33 Å². The maximum Gasteiger partial charge on any atom is 0.434 e. The third kappa shape index (κ3) is 2.33. The van der Waals surface area contributed by atoms with Crippen LogP contribution in [0.5, 0.6) is 0 Å². The summed E-state index contributed by atoms with van der Waals surface area (Å²) in [5.74, 6) is -1.75. The first kappa shape index (κ1) is 14.8. The third-order valence-corrected chi connectivity index (χ3v) is 3.14. The summed E-state index contributed by atoms with van der Waals surface area (Å²) in [4.78, 5) is 28.9. The fourth-order valence-electron chi connectivity index (χ4n) is 2.21. The average molecular weight is 324 g/mol. The zero-order valence-electron chi connectivity index (χ0n) is 11.1. The van der Waals surface area contributed by atoms with Gasteiger partial charge in [-0.2, -0.15) is 18.3 Å². The van der Waals surface area contributed by atoms with E-state index in [4.69, 9.17) is 5.11 Å². The Kier molecular flexibility index (Phi) is 3.17. The number of nitrogens with one attached hydrogen (secondary N) is 1. The minimum atomic E-state index is -4.95. The van der Waals surface area contributed by atoms with Gasteiger partial charge in [0.15, 0.2) is 5.69 Å². The second kappa shape index (κ2) is 4.93. The van der Waals surface area contributed by atoms with Crippen molar-refractivity contribution in [3.05, 3.63) is 52.3 Å². The standard InChI is InChI=1S/C13H7F3N4O3/c14-13(15,16)10-7(12(22)23)4-19-20(10)8-3-1-2-6-9(8)17-5-18-11(6)21/h1-5H,(H,22,23)(H,17,18,21). The number of aromatic carboxylic acids is 1. The van der Waals surface area contributed by atoms with Gasteiger partial charge in [-0.1, -0.05) is 6.07 Å². The zero-order chi connectivity index (χ0) is 16.8. The third-order valence-electron chi connectivity index (χ3n) is 3.14. The maximum atomic E-state index is 13.3. The molecule has 0 unspecified atom stereocenters. The highest BCUT2D eigenvalue weighted by Gasteiger charge is 2.41. The number of alkyl halides is 3. The maximum absolute atomic E-state index is 13.3. The Morgan fingerprint density at radius 1 is 1.30 bits per heavy atom. The van der Waals surface area contributed by atoms with Crippen LogP contribution in [0, 0.1) is 0 Å². The number of H-pyrrole nitrogens is 1. The first-order valence-electron chi connectivity index (χ1n) is 6.16. The summed E-state index contributed by atoms with van der Waals surface area (Å²) < 4.78 is 40.2. The van der Waals surface area contributed by atoms with E-state index in [1.54, 1.807) is 0 Å². The number of rotatable bonds is 2. The van der Waals surface area contributed by atoms with Crippen LogP contribution in [0.25, 0.3) is 16.6 Å². The molecule has 0 radical (unpaired) electrons. The van der Waals surface area contributed by atoms with Crippen LogP contribution >= 0.6 is 0 Å². The van der Waals surface area contributed by atoms with Crippen molar-refractivity contribution in [2.75, 3.05) is 0 Å². The molecule has 0 atom stereocenters. The number of benzene rings is 1. The Bertz CT molecular complexity index is 974. The van der Waals surface area contributed by atoms with Gasteiger partial charge in [-0.05, 0) is 12.1 Å². The van der Waals surface area contributed by atoms with E-state index >= 15 is 0 Å². The molecule has 0 amide bonds. The van der Waals surface area contributed by atoms with Gasteiger partial charge in [-0.25, -0.2) is 14.5 Å². The molecule has 0 aliphatic carbocycles. The first-order chi connectivity index (χ1) is 10.8. The molecule has 7 nitrogen and oxygen atoms in total. The molecular weight excluding hydrogens is 317 g/mol. The highest BCUT2D eigenvalue weighted by molar-refractivity contribution is 5.90. The van der Waals surface area contributed by atoms with E-state index in [1.165, 1.54) is 18.2 Å². The van der Waals surface area contributed by atoms with E-state index < -0.39 is 29.0 Å². The average Bonchev–Trinajstić information content (AvgIpc) is 2.92. The minimum absolute atomic E-state index is 0.0261.